The number of likely N-dealkylation sites (tertiary alicyclic amines) is 1. The van der Waals surface area contributed by atoms with E-state index in [1.807, 2.05) is 0 Å². The van der Waals surface area contributed by atoms with Gasteiger partial charge in [0.1, 0.15) is 5.75 Å². The fourth-order valence-electron chi connectivity index (χ4n) is 5.19. The molecule has 2 fully saturated rings. The first-order chi connectivity index (χ1) is 12.8. The Labute approximate surface area is 156 Å². The van der Waals surface area contributed by atoms with Crippen molar-refractivity contribution in [3.8, 4) is 5.75 Å². The van der Waals surface area contributed by atoms with Crippen molar-refractivity contribution in [3.05, 3.63) is 59.7 Å². The Kier molecular flexibility index (Phi) is 4.12. The van der Waals surface area contributed by atoms with E-state index in [1.165, 1.54) is 49.2 Å². The summed E-state index contributed by atoms with van der Waals surface area (Å²) in [5.41, 5.74) is 4.30. The lowest BCUT2D eigenvalue weighted by molar-refractivity contribution is 0.213. The normalized spacial score (nSPS) is 29.3. The number of benzene rings is 2. The highest BCUT2D eigenvalue weighted by Crippen LogP contribution is 2.50. The number of fused-ring (bicyclic) bond motifs is 2. The molecule has 2 aromatic rings. The zero-order valence-electron chi connectivity index (χ0n) is 15.5. The van der Waals surface area contributed by atoms with Crippen molar-refractivity contribution in [3.63, 3.8) is 0 Å². The smallest absolute Gasteiger partial charge is 0.119 e. The lowest BCUT2D eigenvalue weighted by atomic mass is 9.99. The molecular weight excluding hydrogens is 320 g/mol. The number of aryl methyl sites for hydroxylation is 1. The molecule has 0 bridgehead atoms. The Morgan fingerprint density at radius 1 is 1.15 bits per heavy atom. The van der Waals surface area contributed by atoms with Crippen LogP contribution in [0.3, 0.4) is 0 Å². The lowest BCUT2D eigenvalue weighted by Gasteiger charge is -2.30. The first kappa shape index (κ1) is 16.2. The van der Waals surface area contributed by atoms with Gasteiger partial charge in [0.05, 0.1) is 7.11 Å². The second-order valence-electron chi connectivity index (χ2n) is 8.23. The third-order valence-corrected chi connectivity index (χ3v) is 6.71. The molecule has 1 saturated carbocycles. The van der Waals surface area contributed by atoms with Gasteiger partial charge in [0.15, 0.2) is 0 Å². The highest BCUT2D eigenvalue weighted by atomic mass is 16.5. The van der Waals surface area contributed by atoms with Gasteiger partial charge in [-0.25, -0.2) is 0 Å². The van der Waals surface area contributed by atoms with Gasteiger partial charge in [-0.3, -0.25) is 4.90 Å². The quantitative estimate of drug-likeness (QED) is 0.848. The van der Waals surface area contributed by atoms with Crippen LogP contribution in [0.25, 0.3) is 0 Å². The number of hydrogen-bond acceptors (Lipinski definition) is 3. The fourth-order valence-corrected chi connectivity index (χ4v) is 5.19. The summed E-state index contributed by atoms with van der Waals surface area (Å²) < 4.78 is 5.47. The number of rotatable bonds is 6. The van der Waals surface area contributed by atoms with Gasteiger partial charge in [-0.1, -0.05) is 24.3 Å². The molecule has 4 atom stereocenters. The van der Waals surface area contributed by atoms with Crippen molar-refractivity contribution >= 4 is 5.69 Å². The second-order valence-corrected chi connectivity index (χ2v) is 8.23. The average molecular weight is 348 g/mol. The summed E-state index contributed by atoms with van der Waals surface area (Å²) in [6.45, 7) is 3.57. The highest BCUT2D eigenvalue weighted by molar-refractivity contribution is 5.43. The molecule has 0 spiro atoms. The van der Waals surface area contributed by atoms with E-state index in [4.69, 9.17) is 4.74 Å². The molecule has 0 amide bonds. The van der Waals surface area contributed by atoms with E-state index in [9.17, 15) is 0 Å². The van der Waals surface area contributed by atoms with E-state index in [1.54, 1.807) is 7.11 Å². The van der Waals surface area contributed by atoms with E-state index in [2.05, 4.69) is 58.7 Å². The van der Waals surface area contributed by atoms with Crippen molar-refractivity contribution in [2.24, 2.45) is 11.8 Å². The highest BCUT2D eigenvalue weighted by Gasteiger charge is 2.52. The molecule has 0 radical (unpaired) electrons. The van der Waals surface area contributed by atoms with Crippen LogP contribution in [0, 0.1) is 11.8 Å². The van der Waals surface area contributed by atoms with Crippen LogP contribution in [0.5, 0.6) is 5.75 Å². The molecule has 1 heterocycles. The molecule has 1 N–H and O–H groups in total. The molecule has 1 aliphatic heterocycles. The minimum Gasteiger partial charge on any atom is -0.497 e. The average Bonchev–Trinajstić information content (AvgIpc) is 3.20. The molecule has 1 saturated heterocycles. The van der Waals surface area contributed by atoms with Crippen molar-refractivity contribution < 1.29 is 4.74 Å². The van der Waals surface area contributed by atoms with Gasteiger partial charge in [-0.2, -0.15) is 0 Å². The van der Waals surface area contributed by atoms with Crippen LogP contribution in [0.1, 0.15) is 29.9 Å². The number of hydrogen-bond donors (Lipinski definition) is 1. The Balaban J connectivity index is 1.27. The van der Waals surface area contributed by atoms with Crippen LogP contribution in [0.2, 0.25) is 0 Å². The van der Waals surface area contributed by atoms with Crippen LogP contribution in [0.15, 0.2) is 48.5 Å². The topological polar surface area (TPSA) is 24.5 Å². The van der Waals surface area contributed by atoms with Gasteiger partial charge in [0, 0.05) is 31.4 Å². The van der Waals surface area contributed by atoms with Gasteiger partial charge < -0.3 is 10.1 Å². The number of methoxy groups -OCH3 is 1. The summed E-state index contributed by atoms with van der Waals surface area (Å²) in [4.78, 5) is 2.77. The molecule has 2 aliphatic carbocycles. The molecule has 3 heteroatoms. The van der Waals surface area contributed by atoms with E-state index in [0.29, 0.717) is 12.0 Å². The zero-order chi connectivity index (χ0) is 17.5. The van der Waals surface area contributed by atoms with E-state index < -0.39 is 0 Å². The first-order valence-corrected chi connectivity index (χ1v) is 10.0. The van der Waals surface area contributed by atoms with Crippen LogP contribution in [-0.2, 0) is 6.42 Å². The van der Waals surface area contributed by atoms with Crippen molar-refractivity contribution in [2.45, 2.75) is 31.2 Å². The largest absolute Gasteiger partial charge is 0.497 e. The Morgan fingerprint density at radius 2 is 2.04 bits per heavy atom. The molecule has 4 unspecified atom stereocenters. The number of nitrogens with one attached hydrogen (secondary N) is 1. The maximum Gasteiger partial charge on any atom is 0.119 e. The minimum absolute atomic E-state index is 0.664. The number of piperidine rings is 1. The maximum absolute atomic E-state index is 5.47. The summed E-state index contributed by atoms with van der Waals surface area (Å²) in [5, 5.41) is 3.67. The number of anilines is 1. The fraction of sp³-hybridized carbons (Fsp3) is 0.478. The standard InChI is InChI=1S/C23H28N2O/c1-26-20-10-9-16-7-8-17(21(16)12-20)14-25-15-18-11-22(18)23(25)13-24-19-5-3-2-4-6-19/h2-6,9-10,12,17-18,22-24H,7-8,11,13-15H2,1H3. The van der Waals surface area contributed by atoms with E-state index in [-0.39, 0.29) is 0 Å². The van der Waals surface area contributed by atoms with E-state index in [0.717, 1.165) is 24.1 Å². The number of nitrogens with zero attached hydrogens (tertiary/aromatic N) is 1. The SMILES string of the molecule is COc1ccc2c(c1)C(CN1CC3CC3C1CNc1ccccc1)CC2. The minimum atomic E-state index is 0.664. The Bertz CT molecular complexity index is 775. The first-order valence-electron chi connectivity index (χ1n) is 10.0. The summed E-state index contributed by atoms with van der Waals surface area (Å²) >= 11 is 0. The Hall–Kier alpha value is -2.00. The zero-order valence-corrected chi connectivity index (χ0v) is 15.5. The summed E-state index contributed by atoms with van der Waals surface area (Å²) in [6, 6.07) is 18.0. The second kappa shape index (κ2) is 6.62. The number of para-hydroxylation sites is 1. The van der Waals surface area contributed by atoms with Gasteiger partial charge in [-0.05, 0) is 72.4 Å². The molecular formula is C23H28N2O. The molecule has 5 rings (SSSR count). The predicted molar refractivity (Wildman–Crippen MR) is 106 cm³/mol. The van der Waals surface area contributed by atoms with Crippen LogP contribution in [-0.4, -0.2) is 37.7 Å². The van der Waals surface area contributed by atoms with Crippen molar-refractivity contribution in [1.29, 1.82) is 0 Å². The van der Waals surface area contributed by atoms with Gasteiger partial charge in [-0.15, -0.1) is 0 Å². The Morgan fingerprint density at radius 3 is 2.88 bits per heavy atom. The van der Waals surface area contributed by atoms with Gasteiger partial charge in [0.25, 0.3) is 0 Å². The molecule has 26 heavy (non-hydrogen) atoms. The maximum atomic E-state index is 5.47. The lowest BCUT2D eigenvalue weighted by Crippen LogP contribution is -2.40. The third kappa shape index (κ3) is 2.99. The molecule has 3 nitrogen and oxygen atoms in total. The predicted octanol–water partition coefficient (Wildman–Crippen LogP) is 4.16. The molecule has 136 valence electrons. The number of ether oxygens (including phenoxy) is 1. The monoisotopic (exact) mass is 348 g/mol. The molecule has 3 aliphatic rings. The van der Waals surface area contributed by atoms with E-state index >= 15 is 0 Å². The van der Waals surface area contributed by atoms with Gasteiger partial charge in [0.2, 0.25) is 0 Å². The van der Waals surface area contributed by atoms with Crippen LogP contribution < -0.4 is 10.1 Å². The van der Waals surface area contributed by atoms with Gasteiger partial charge >= 0.3 is 0 Å². The third-order valence-electron chi connectivity index (χ3n) is 6.71. The van der Waals surface area contributed by atoms with Crippen LogP contribution >= 0.6 is 0 Å². The molecule has 0 aromatic heterocycles. The molecule has 2 aromatic carbocycles. The summed E-state index contributed by atoms with van der Waals surface area (Å²) in [5.74, 6) is 3.53. The summed E-state index contributed by atoms with van der Waals surface area (Å²) in [6.07, 6.45) is 3.94. The van der Waals surface area contributed by atoms with Crippen molar-refractivity contribution in [2.75, 3.05) is 32.1 Å². The summed E-state index contributed by atoms with van der Waals surface area (Å²) in [7, 11) is 1.77. The van der Waals surface area contributed by atoms with Crippen LogP contribution in [0.4, 0.5) is 5.69 Å². The van der Waals surface area contributed by atoms with Crippen molar-refractivity contribution in [1.82, 2.24) is 4.90 Å².